The number of aliphatic hydroxyl groups excluding tert-OH is 2. The molecule has 10 atom stereocenters. The van der Waals surface area contributed by atoms with E-state index in [0.717, 1.165) is 25.9 Å². The number of hydrogen-bond acceptors (Lipinski definition) is 11. The second-order valence-electron chi connectivity index (χ2n) is 20.3. The Morgan fingerprint density at radius 3 is 1.36 bits per heavy atom. The summed E-state index contributed by atoms with van der Waals surface area (Å²) in [6.07, 6.45) is 2.81. The molecule has 4 aromatic carbocycles. The van der Waals surface area contributed by atoms with Gasteiger partial charge in [-0.2, -0.15) is 0 Å². The molecule has 4 saturated heterocycles. The van der Waals surface area contributed by atoms with Gasteiger partial charge in [-0.3, -0.25) is 24.2 Å². The van der Waals surface area contributed by atoms with Crippen molar-refractivity contribution in [2.45, 2.75) is 62.4 Å². The Bertz CT molecular complexity index is 2250. The van der Waals surface area contributed by atoms with Gasteiger partial charge < -0.3 is 30.3 Å². The minimum Gasteiger partial charge on any atom is -0.394 e. The van der Waals surface area contributed by atoms with Crippen molar-refractivity contribution in [3.05, 3.63) is 142 Å². The largest absolute Gasteiger partial charge is 0.394 e. The normalized spacial score (nSPS) is 29.9. The first kappa shape index (κ1) is 51.8. The summed E-state index contributed by atoms with van der Waals surface area (Å²) in [6.45, 7) is 5.04. The zero-order chi connectivity index (χ0) is 49.6. The summed E-state index contributed by atoms with van der Waals surface area (Å²) in [5, 5.41) is 32.9. The Balaban J connectivity index is 1.45. The molecule has 2 unspecified atom stereocenters. The number of ether oxygens (including phenoxy) is 2. The Morgan fingerprint density at radius 1 is 0.614 bits per heavy atom. The first-order chi connectivity index (χ1) is 34.0. The number of nitrogens with zero attached hydrogens (tertiary/aromatic N) is 2. The lowest BCUT2D eigenvalue weighted by molar-refractivity contribution is -0.183. The van der Waals surface area contributed by atoms with Crippen molar-refractivity contribution < 1.29 is 42.9 Å². The first-order valence-corrected chi connectivity index (χ1v) is 25.3. The molecule has 0 radical (unpaired) electrons. The zero-order valence-corrected chi connectivity index (χ0v) is 41.3. The first-order valence-electron chi connectivity index (χ1n) is 25.3. The monoisotopic (exact) mass is 963 g/mol. The Labute approximate surface area is 412 Å². The van der Waals surface area contributed by atoms with E-state index in [2.05, 4.69) is 10.6 Å². The number of likely N-dealkylation sites (tertiary alicyclic amines) is 2. The number of piperidine rings is 4. The van der Waals surface area contributed by atoms with Crippen LogP contribution in [0.4, 0.5) is 8.78 Å². The number of nitrogens with one attached hydrogen (secondary N) is 2. The van der Waals surface area contributed by atoms with E-state index in [1.807, 2.05) is 58.3 Å². The molecule has 70 heavy (non-hydrogen) atoms. The summed E-state index contributed by atoms with van der Waals surface area (Å²) in [7, 11) is 3.15. The second kappa shape index (κ2) is 22.9. The molecule has 0 aromatic heterocycles. The van der Waals surface area contributed by atoms with Crippen LogP contribution in [-0.4, -0.2) is 141 Å². The predicted octanol–water partition coefficient (Wildman–Crippen LogP) is 6.63. The number of carbonyl (C=O) groups excluding carboxylic acids is 3. The molecular weight excluding hydrogens is 891 g/mol. The van der Waals surface area contributed by atoms with Crippen molar-refractivity contribution in [2.24, 2.45) is 35.5 Å². The fraction of sp³-hybridized carbons (Fsp3) is 0.526. The summed E-state index contributed by atoms with van der Waals surface area (Å²) in [5.74, 6) is -7.06. The zero-order valence-electron chi connectivity index (χ0n) is 41.3. The third kappa shape index (κ3) is 9.49. The van der Waals surface area contributed by atoms with E-state index in [1.165, 1.54) is 12.1 Å². The minimum absolute atomic E-state index is 0.0113. The van der Waals surface area contributed by atoms with Gasteiger partial charge in [0.2, 0.25) is 0 Å². The highest BCUT2D eigenvalue weighted by atomic mass is 19.1. The van der Waals surface area contributed by atoms with E-state index >= 15 is 23.2 Å². The summed E-state index contributed by atoms with van der Waals surface area (Å²) in [4.78, 5) is 52.5. The molecule has 13 heteroatoms. The number of methoxy groups -OCH3 is 2. The lowest BCUT2D eigenvalue weighted by atomic mass is 9.50. The number of halogens is 2. The molecule has 376 valence electrons. The number of ketones is 3. The topological polar surface area (TPSA) is 141 Å². The third-order valence-corrected chi connectivity index (χ3v) is 16.9. The van der Waals surface area contributed by atoms with Crippen molar-refractivity contribution in [2.75, 3.05) is 93.0 Å². The maximum Gasteiger partial charge on any atom is 0.178 e. The predicted molar refractivity (Wildman–Crippen MR) is 266 cm³/mol. The van der Waals surface area contributed by atoms with Crippen LogP contribution >= 0.6 is 0 Å². The van der Waals surface area contributed by atoms with Gasteiger partial charge in [-0.15, -0.1) is 0 Å². The molecule has 0 amide bonds. The second-order valence-corrected chi connectivity index (χ2v) is 20.3. The standard InChI is InChI=1S/C57H72F2N4O7/c1-37-43(21-11-23-47(37)58)49-45(53(66)39-15-7-5-8-16-39)33-62(27-29-69-3)56(35-64,51(49)41-19-13-25-60-31-41)55(68)57(36-65)52(42-20-14-26-61-32-42)50(44-22-12-24-48(59)38(44)2)46(34-63(57)28-30-70-4)54(67)40-17-9-6-10-18-40/h5-12,15-18,21-24,41-42,45-46,49-52,60-61,64-65H,13-14,19-20,25-36H2,1-4H3/t41?,42?,45-,46-,49+,50+,51-,52-,56-,57-/m0/s1. The molecule has 4 aromatic rings. The number of Topliss-reactive ketones (excluding diaryl/α,β-unsaturated/α-hetero) is 3. The average Bonchev–Trinajstić information content (AvgIpc) is 3.40. The highest BCUT2D eigenvalue weighted by Crippen LogP contribution is 2.59. The van der Waals surface area contributed by atoms with Crippen molar-refractivity contribution in [1.82, 2.24) is 20.4 Å². The van der Waals surface area contributed by atoms with Crippen molar-refractivity contribution in [3.63, 3.8) is 0 Å². The molecule has 4 aliphatic heterocycles. The lowest BCUT2D eigenvalue weighted by Crippen LogP contribution is -2.81. The van der Waals surface area contributed by atoms with Crippen LogP contribution in [0.15, 0.2) is 97.1 Å². The van der Waals surface area contributed by atoms with Crippen LogP contribution in [0.1, 0.15) is 80.5 Å². The fourth-order valence-electron chi connectivity index (χ4n) is 13.7. The van der Waals surface area contributed by atoms with E-state index < -0.39 is 77.2 Å². The molecule has 4 fully saturated rings. The molecule has 0 spiro atoms. The Morgan fingerprint density at radius 2 is 1.01 bits per heavy atom. The summed E-state index contributed by atoms with van der Waals surface area (Å²) in [6, 6.07) is 28.0. The molecule has 0 saturated carbocycles. The molecule has 0 aliphatic carbocycles. The highest BCUT2D eigenvalue weighted by Gasteiger charge is 2.70. The van der Waals surface area contributed by atoms with E-state index in [1.54, 1.807) is 64.5 Å². The van der Waals surface area contributed by atoms with Crippen LogP contribution < -0.4 is 10.6 Å². The van der Waals surface area contributed by atoms with Gasteiger partial charge in [-0.05, 0) is 124 Å². The number of rotatable bonds is 18. The summed E-state index contributed by atoms with van der Waals surface area (Å²) < 4.78 is 44.0. The van der Waals surface area contributed by atoms with Crippen LogP contribution in [0.2, 0.25) is 0 Å². The lowest BCUT2D eigenvalue weighted by Gasteiger charge is -2.64. The van der Waals surface area contributed by atoms with E-state index in [4.69, 9.17) is 9.47 Å². The van der Waals surface area contributed by atoms with Gasteiger partial charge in [0.1, 0.15) is 22.7 Å². The van der Waals surface area contributed by atoms with E-state index in [9.17, 15) is 10.2 Å². The van der Waals surface area contributed by atoms with Gasteiger partial charge >= 0.3 is 0 Å². The fourth-order valence-corrected chi connectivity index (χ4v) is 13.7. The quantitative estimate of drug-likeness (QED) is 0.0800. The van der Waals surface area contributed by atoms with Crippen molar-refractivity contribution >= 4 is 17.3 Å². The number of hydrogen-bond donors (Lipinski definition) is 4. The van der Waals surface area contributed by atoms with Gasteiger partial charge in [0, 0.05) is 75.2 Å². The molecule has 8 rings (SSSR count). The summed E-state index contributed by atoms with van der Waals surface area (Å²) >= 11 is 0. The maximum absolute atomic E-state index is 17.8. The van der Waals surface area contributed by atoms with Crippen LogP contribution in [0.25, 0.3) is 0 Å². The molecule has 4 aliphatic rings. The van der Waals surface area contributed by atoms with Gasteiger partial charge in [0.15, 0.2) is 17.3 Å². The van der Waals surface area contributed by atoms with Crippen molar-refractivity contribution in [1.29, 1.82) is 0 Å². The highest BCUT2D eigenvalue weighted by molar-refractivity contribution is 6.02. The van der Waals surface area contributed by atoms with E-state index in [0.29, 0.717) is 59.3 Å². The molecule has 0 bridgehead atoms. The van der Waals surface area contributed by atoms with Crippen LogP contribution in [0.5, 0.6) is 0 Å². The molecule has 11 nitrogen and oxygen atoms in total. The average molecular weight is 963 g/mol. The van der Waals surface area contributed by atoms with Gasteiger partial charge in [0.25, 0.3) is 0 Å². The van der Waals surface area contributed by atoms with Crippen LogP contribution in [0, 0.1) is 61.0 Å². The number of aliphatic hydroxyl groups is 2. The smallest absolute Gasteiger partial charge is 0.178 e. The van der Waals surface area contributed by atoms with E-state index in [-0.39, 0.29) is 62.8 Å². The third-order valence-electron chi connectivity index (χ3n) is 16.9. The molecule has 4 heterocycles. The van der Waals surface area contributed by atoms with Crippen LogP contribution in [-0.2, 0) is 14.3 Å². The van der Waals surface area contributed by atoms with Gasteiger partial charge in [-0.1, -0.05) is 84.9 Å². The molecule has 4 N–H and O–H groups in total. The Kier molecular flexibility index (Phi) is 16.9. The maximum atomic E-state index is 17.8. The summed E-state index contributed by atoms with van der Waals surface area (Å²) in [5.41, 5.74) is -0.774. The number of carbonyl (C=O) groups is 3. The van der Waals surface area contributed by atoms with Crippen LogP contribution in [0.3, 0.4) is 0 Å². The van der Waals surface area contributed by atoms with Crippen molar-refractivity contribution in [3.8, 4) is 0 Å². The van der Waals surface area contributed by atoms with Gasteiger partial charge in [0.05, 0.1) is 26.4 Å². The number of benzene rings is 4. The molecular formula is C57H72F2N4O7. The van der Waals surface area contributed by atoms with Gasteiger partial charge in [-0.25, -0.2) is 8.78 Å². The SMILES string of the molecule is COCCN1C[C@H](C(=O)c2ccccc2)[C@@H](c2cccc(F)c2C)[C@H](C2CCCNC2)[C@@]1(CO)C(=O)[C@]1(CO)[C@@H](C2CCCNC2)[C@H](c2cccc(F)c2C)[C@@H](C(=O)c2ccccc2)CN1CCOC. The minimum atomic E-state index is -1.83. The Hall–Kier alpha value is -4.57.